The highest BCUT2D eigenvalue weighted by atomic mass is 32.2. The normalized spacial score (nSPS) is 12.3. The Labute approximate surface area is 159 Å². The number of nitrogens with zero attached hydrogens (tertiary/aromatic N) is 2. The van der Waals surface area contributed by atoms with E-state index in [9.17, 15) is 13.2 Å². The van der Waals surface area contributed by atoms with E-state index in [0.717, 1.165) is 4.31 Å². The van der Waals surface area contributed by atoms with Crippen molar-refractivity contribution in [2.45, 2.75) is 24.8 Å². The molecule has 0 aliphatic heterocycles. The van der Waals surface area contributed by atoms with E-state index >= 15 is 0 Å². The number of anilines is 2. The van der Waals surface area contributed by atoms with Crippen LogP contribution in [0.4, 0.5) is 11.4 Å². The standard InChI is InChI=1S/C19H22N4O3S/c1-13-9-10-16(11-18(13)27(25,26)23(3)4)21-14(2)19(24)22-17-8-6-5-7-15(17)12-20/h5-11,14,21H,1-4H3,(H,22,24)/t14-/m1/s1. The number of hydrogen-bond acceptors (Lipinski definition) is 5. The topological polar surface area (TPSA) is 102 Å². The Kier molecular flexibility index (Phi) is 6.20. The lowest BCUT2D eigenvalue weighted by Crippen LogP contribution is -2.32. The lowest BCUT2D eigenvalue weighted by Gasteiger charge is -2.18. The lowest BCUT2D eigenvalue weighted by atomic mass is 10.1. The average molecular weight is 386 g/mol. The second kappa shape index (κ2) is 8.20. The summed E-state index contributed by atoms with van der Waals surface area (Å²) in [4.78, 5) is 12.6. The van der Waals surface area contributed by atoms with Crippen LogP contribution < -0.4 is 10.6 Å². The summed E-state index contributed by atoms with van der Waals surface area (Å²) in [5.74, 6) is -0.338. The molecule has 0 aliphatic carbocycles. The highest BCUT2D eigenvalue weighted by Gasteiger charge is 2.21. The van der Waals surface area contributed by atoms with Crippen LogP contribution in [0.2, 0.25) is 0 Å². The van der Waals surface area contributed by atoms with E-state index in [1.807, 2.05) is 6.07 Å². The Morgan fingerprint density at radius 3 is 2.48 bits per heavy atom. The third kappa shape index (κ3) is 4.64. The van der Waals surface area contributed by atoms with Crippen molar-refractivity contribution in [3.63, 3.8) is 0 Å². The van der Waals surface area contributed by atoms with E-state index < -0.39 is 16.1 Å². The van der Waals surface area contributed by atoms with Gasteiger partial charge in [0.15, 0.2) is 0 Å². The molecule has 0 radical (unpaired) electrons. The van der Waals surface area contributed by atoms with Crippen molar-refractivity contribution in [3.05, 3.63) is 53.6 Å². The van der Waals surface area contributed by atoms with E-state index in [1.165, 1.54) is 20.2 Å². The summed E-state index contributed by atoms with van der Waals surface area (Å²) in [5, 5.41) is 14.8. The van der Waals surface area contributed by atoms with Crippen LogP contribution in [0.5, 0.6) is 0 Å². The molecule has 0 fully saturated rings. The van der Waals surface area contributed by atoms with E-state index in [1.54, 1.807) is 50.2 Å². The van der Waals surface area contributed by atoms with Crippen molar-refractivity contribution < 1.29 is 13.2 Å². The Balaban J connectivity index is 2.19. The molecule has 2 aromatic rings. The molecule has 2 rings (SSSR count). The number of nitrogens with one attached hydrogen (secondary N) is 2. The summed E-state index contributed by atoms with van der Waals surface area (Å²) in [5.41, 5.74) is 1.93. The van der Waals surface area contributed by atoms with E-state index in [0.29, 0.717) is 22.5 Å². The number of sulfonamides is 1. The molecule has 0 aliphatic rings. The van der Waals surface area contributed by atoms with E-state index in [2.05, 4.69) is 10.6 Å². The summed E-state index contributed by atoms with van der Waals surface area (Å²) >= 11 is 0. The molecule has 27 heavy (non-hydrogen) atoms. The van der Waals surface area contributed by atoms with Gasteiger partial charge in [-0.15, -0.1) is 0 Å². The molecule has 0 saturated heterocycles. The third-order valence-electron chi connectivity index (χ3n) is 4.03. The number of nitriles is 1. The van der Waals surface area contributed by atoms with Gasteiger partial charge < -0.3 is 10.6 Å². The van der Waals surface area contributed by atoms with Crippen molar-refractivity contribution in [1.82, 2.24) is 4.31 Å². The Bertz CT molecular complexity index is 994. The number of hydrogen-bond donors (Lipinski definition) is 2. The van der Waals surface area contributed by atoms with Gasteiger partial charge in [-0.05, 0) is 43.7 Å². The van der Waals surface area contributed by atoms with E-state index in [-0.39, 0.29) is 10.8 Å². The maximum Gasteiger partial charge on any atom is 0.246 e. The van der Waals surface area contributed by atoms with Crippen LogP contribution >= 0.6 is 0 Å². The second-order valence-electron chi connectivity index (χ2n) is 6.28. The summed E-state index contributed by atoms with van der Waals surface area (Å²) in [6, 6.07) is 13.0. The maximum absolute atomic E-state index is 12.4. The number of carbonyl (C=O) groups excluding carboxylic acids is 1. The van der Waals surface area contributed by atoms with Crippen molar-refractivity contribution in [3.8, 4) is 6.07 Å². The third-order valence-corrected chi connectivity index (χ3v) is 5.99. The largest absolute Gasteiger partial charge is 0.374 e. The number of para-hydroxylation sites is 1. The van der Waals surface area contributed by atoms with Crippen LogP contribution in [-0.2, 0) is 14.8 Å². The first-order valence-corrected chi connectivity index (χ1v) is 9.70. The first kappa shape index (κ1) is 20.4. The number of carbonyl (C=O) groups is 1. The molecule has 0 bridgehead atoms. The average Bonchev–Trinajstić information content (AvgIpc) is 2.63. The monoisotopic (exact) mass is 386 g/mol. The molecule has 2 aromatic carbocycles. The van der Waals surface area contributed by atoms with Crippen LogP contribution in [0.3, 0.4) is 0 Å². The fourth-order valence-electron chi connectivity index (χ4n) is 2.41. The van der Waals surface area contributed by atoms with Gasteiger partial charge in [-0.1, -0.05) is 18.2 Å². The summed E-state index contributed by atoms with van der Waals surface area (Å²) in [7, 11) is -0.647. The molecule has 7 nitrogen and oxygen atoms in total. The Morgan fingerprint density at radius 2 is 1.85 bits per heavy atom. The molecule has 1 atom stereocenters. The Hall–Kier alpha value is -2.89. The molecule has 0 spiro atoms. The number of rotatable bonds is 6. The van der Waals surface area contributed by atoms with Crippen LogP contribution in [-0.4, -0.2) is 38.8 Å². The van der Waals surface area contributed by atoms with Crippen LogP contribution in [0.25, 0.3) is 0 Å². The van der Waals surface area contributed by atoms with Crippen molar-refractivity contribution >= 4 is 27.3 Å². The zero-order chi connectivity index (χ0) is 20.2. The van der Waals surface area contributed by atoms with Gasteiger partial charge in [0, 0.05) is 19.8 Å². The SMILES string of the molecule is Cc1ccc(N[C@H](C)C(=O)Nc2ccccc2C#N)cc1S(=O)(=O)N(C)C. The molecule has 1 amide bonds. The maximum atomic E-state index is 12.4. The molecular formula is C19H22N4O3S. The minimum absolute atomic E-state index is 0.180. The summed E-state index contributed by atoms with van der Waals surface area (Å²) < 4.78 is 26.0. The number of aryl methyl sites for hydroxylation is 1. The van der Waals surface area contributed by atoms with Gasteiger partial charge >= 0.3 is 0 Å². The second-order valence-corrected chi connectivity index (χ2v) is 8.40. The van der Waals surface area contributed by atoms with Crippen LogP contribution in [0.1, 0.15) is 18.1 Å². The molecule has 0 heterocycles. The minimum Gasteiger partial charge on any atom is -0.374 e. The van der Waals surface area contributed by atoms with Gasteiger partial charge in [0.2, 0.25) is 15.9 Å². The lowest BCUT2D eigenvalue weighted by molar-refractivity contribution is -0.116. The zero-order valence-electron chi connectivity index (χ0n) is 15.6. The van der Waals surface area contributed by atoms with Crippen molar-refractivity contribution in [1.29, 1.82) is 5.26 Å². The van der Waals surface area contributed by atoms with Gasteiger partial charge in [-0.3, -0.25) is 4.79 Å². The predicted molar refractivity (Wildman–Crippen MR) is 105 cm³/mol. The number of benzene rings is 2. The molecular weight excluding hydrogens is 364 g/mol. The minimum atomic E-state index is -3.59. The Morgan fingerprint density at radius 1 is 1.19 bits per heavy atom. The molecule has 0 aromatic heterocycles. The molecule has 142 valence electrons. The molecule has 0 saturated carbocycles. The first-order valence-electron chi connectivity index (χ1n) is 8.26. The molecule has 0 unspecified atom stereocenters. The summed E-state index contributed by atoms with van der Waals surface area (Å²) in [6.07, 6.45) is 0. The highest BCUT2D eigenvalue weighted by molar-refractivity contribution is 7.89. The zero-order valence-corrected chi connectivity index (χ0v) is 16.5. The van der Waals surface area contributed by atoms with Gasteiger partial charge in [-0.2, -0.15) is 5.26 Å². The molecule has 8 heteroatoms. The van der Waals surface area contributed by atoms with Gasteiger partial charge in [0.1, 0.15) is 12.1 Å². The fourth-order valence-corrected chi connectivity index (χ4v) is 3.55. The van der Waals surface area contributed by atoms with Crippen molar-refractivity contribution in [2.24, 2.45) is 0 Å². The van der Waals surface area contributed by atoms with Crippen molar-refractivity contribution in [2.75, 3.05) is 24.7 Å². The van der Waals surface area contributed by atoms with Crippen LogP contribution in [0.15, 0.2) is 47.4 Å². The predicted octanol–water partition coefficient (Wildman–Crippen LogP) is 2.56. The quantitative estimate of drug-likeness (QED) is 0.794. The first-order chi connectivity index (χ1) is 12.7. The van der Waals surface area contributed by atoms with Crippen LogP contribution in [0, 0.1) is 18.3 Å². The number of amides is 1. The van der Waals surface area contributed by atoms with Gasteiger partial charge in [0.05, 0.1) is 16.1 Å². The van der Waals surface area contributed by atoms with Gasteiger partial charge in [-0.25, -0.2) is 12.7 Å². The smallest absolute Gasteiger partial charge is 0.246 e. The summed E-state index contributed by atoms with van der Waals surface area (Å²) in [6.45, 7) is 3.37. The fraction of sp³-hybridized carbons (Fsp3) is 0.263. The van der Waals surface area contributed by atoms with Gasteiger partial charge in [0.25, 0.3) is 0 Å². The molecule has 2 N–H and O–H groups in total. The van der Waals surface area contributed by atoms with E-state index in [4.69, 9.17) is 5.26 Å². The highest BCUT2D eigenvalue weighted by Crippen LogP contribution is 2.23.